The van der Waals surface area contributed by atoms with E-state index in [4.69, 9.17) is 41.1 Å². The van der Waals surface area contributed by atoms with Gasteiger partial charge in [-0.3, -0.25) is 0 Å². The van der Waals surface area contributed by atoms with Crippen LogP contribution in [0.5, 0.6) is 5.75 Å². The van der Waals surface area contributed by atoms with Crippen LogP contribution in [0.15, 0.2) is 54.6 Å². The summed E-state index contributed by atoms with van der Waals surface area (Å²) in [5.74, 6) is 0.813. The van der Waals surface area contributed by atoms with E-state index in [0.717, 1.165) is 16.9 Å². The molecule has 69 heavy (non-hydrogen) atoms. The van der Waals surface area contributed by atoms with Gasteiger partial charge in [0.15, 0.2) is 41.6 Å². The molecule has 1 heterocycles. The first-order valence-electron chi connectivity index (χ1n) is 25.9. The number of hydrogen-bond donors (Lipinski definition) is 0. The van der Waals surface area contributed by atoms with Gasteiger partial charge in [-0.1, -0.05) is 146 Å². The second kappa shape index (κ2) is 23.3. The van der Waals surface area contributed by atoms with Gasteiger partial charge < -0.3 is 41.1 Å². The van der Waals surface area contributed by atoms with E-state index in [1.807, 2.05) is 18.2 Å². The van der Waals surface area contributed by atoms with Crippen molar-refractivity contribution in [2.45, 2.75) is 257 Å². The Labute approximate surface area is 429 Å². The second-order valence-electron chi connectivity index (χ2n) is 27.7. The van der Waals surface area contributed by atoms with E-state index in [-0.39, 0.29) is 31.3 Å². The van der Waals surface area contributed by atoms with Crippen LogP contribution < -0.4 is 4.74 Å². The van der Waals surface area contributed by atoms with Crippen LogP contribution in [0.25, 0.3) is 0 Å². The molecule has 0 unspecified atom stereocenters. The molecule has 2 aromatic rings. The van der Waals surface area contributed by atoms with Crippen molar-refractivity contribution >= 4 is 41.6 Å². The smallest absolute Gasteiger partial charge is 0.192 e. The summed E-state index contributed by atoms with van der Waals surface area (Å²) in [5.41, 5.74) is 2.18. The zero-order valence-electron chi connectivity index (χ0n) is 48.9. The average Bonchev–Trinajstić information content (AvgIpc) is 3.18. The summed E-state index contributed by atoms with van der Waals surface area (Å²) in [6, 6.07) is 18.5. The average molecular weight is 1050 g/mol. The van der Waals surface area contributed by atoms with Crippen molar-refractivity contribution in [3.05, 3.63) is 65.7 Å². The van der Waals surface area contributed by atoms with E-state index < -0.39 is 78.2 Å². The quantitative estimate of drug-likeness (QED) is 0.107. The Morgan fingerprint density at radius 3 is 1.39 bits per heavy atom. The van der Waals surface area contributed by atoms with Gasteiger partial charge in [0.1, 0.15) is 18.0 Å². The first-order chi connectivity index (χ1) is 31.1. The van der Waals surface area contributed by atoms with Crippen LogP contribution in [0.4, 0.5) is 0 Å². The van der Waals surface area contributed by atoms with Crippen molar-refractivity contribution in [1.82, 2.24) is 0 Å². The molecular weight excluding hydrogens is 945 g/mol. The molecule has 1 aliphatic rings. The lowest BCUT2D eigenvalue weighted by atomic mass is 9.91. The van der Waals surface area contributed by atoms with Crippen LogP contribution in [-0.4, -0.2) is 105 Å². The molecule has 0 saturated carbocycles. The van der Waals surface area contributed by atoms with E-state index in [0.29, 0.717) is 32.8 Å². The fraction of sp³-hybridized carbons (Fsp3) is 0.782. The Morgan fingerprint density at radius 2 is 0.928 bits per heavy atom. The highest BCUT2D eigenvalue weighted by molar-refractivity contribution is 6.76. The number of hydrogen-bond acceptors (Lipinski definition) is 9. The molecule has 0 radical (unpaired) electrons. The summed E-state index contributed by atoms with van der Waals surface area (Å²) >= 11 is 0. The molecule has 14 heteroatoms. The van der Waals surface area contributed by atoms with Gasteiger partial charge in [-0.15, -0.1) is 0 Å². The molecule has 1 saturated heterocycles. The Kier molecular flexibility index (Phi) is 21.0. The highest BCUT2D eigenvalue weighted by Gasteiger charge is 2.57. The lowest BCUT2D eigenvalue weighted by Crippen LogP contribution is -2.67. The molecule has 2 aromatic carbocycles. The van der Waals surface area contributed by atoms with Crippen LogP contribution in [0.3, 0.4) is 0 Å². The number of benzene rings is 2. The van der Waals surface area contributed by atoms with Gasteiger partial charge in [0.05, 0.1) is 64.1 Å². The molecule has 1 fully saturated rings. The molecule has 3 rings (SSSR count). The Morgan fingerprint density at radius 1 is 0.507 bits per heavy atom. The molecule has 1 aliphatic heterocycles. The van der Waals surface area contributed by atoms with Gasteiger partial charge in [0, 0.05) is 6.42 Å². The van der Waals surface area contributed by atoms with Gasteiger partial charge in [0.2, 0.25) is 0 Å². The SMILES string of the molecule is COc1ccc(COC[C@@H](O[Si](C)(C)C(C)(C)C)[C@H](O[Si](C)(C)C(C)(C)C)[C@@H]2O[C@@H]([C@@H](COCc3ccccc3)O[Si](C)(C)C(C)(C)C)C[C@@H](O[Si](C)(C)C(C)(C)C)[C@H]2O[Si](C)(C)C(C)(C)C)cc1. The third kappa shape index (κ3) is 17.0. The van der Waals surface area contributed by atoms with E-state index >= 15 is 0 Å². The number of rotatable bonds is 22. The predicted molar refractivity (Wildman–Crippen MR) is 302 cm³/mol. The lowest BCUT2D eigenvalue weighted by molar-refractivity contribution is -0.225. The van der Waals surface area contributed by atoms with Crippen LogP contribution in [0, 0.1) is 0 Å². The van der Waals surface area contributed by atoms with E-state index in [9.17, 15) is 0 Å². The first-order valence-corrected chi connectivity index (χ1v) is 40.5. The Balaban J connectivity index is 2.46. The van der Waals surface area contributed by atoms with Crippen molar-refractivity contribution in [1.29, 1.82) is 0 Å². The minimum atomic E-state index is -2.58. The normalized spacial score (nSPS) is 21.2. The van der Waals surface area contributed by atoms with Gasteiger partial charge >= 0.3 is 0 Å². The minimum absolute atomic E-state index is 0.0545. The van der Waals surface area contributed by atoms with E-state index in [1.165, 1.54) is 0 Å². The molecular formula is C55H104O9Si5. The highest BCUT2D eigenvalue weighted by Crippen LogP contribution is 2.48. The molecule has 0 N–H and O–H groups in total. The molecule has 7 atom stereocenters. The number of ether oxygens (including phenoxy) is 4. The molecule has 398 valence electrons. The summed E-state index contributed by atoms with van der Waals surface area (Å²) in [4.78, 5) is 0. The zero-order valence-corrected chi connectivity index (χ0v) is 53.9. The summed E-state index contributed by atoms with van der Waals surface area (Å²) in [7, 11) is -10.7. The molecule has 9 nitrogen and oxygen atoms in total. The van der Waals surface area contributed by atoms with Crippen LogP contribution in [0.2, 0.25) is 90.7 Å². The van der Waals surface area contributed by atoms with Gasteiger partial charge in [0.25, 0.3) is 0 Å². The summed E-state index contributed by atoms with van der Waals surface area (Å²) in [6.07, 6.45) is -2.72. The summed E-state index contributed by atoms with van der Waals surface area (Å²) in [5, 5.41) is -0.433. The predicted octanol–water partition coefficient (Wildman–Crippen LogP) is 15.5. The van der Waals surface area contributed by atoms with Crippen molar-refractivity contribution in [2.75, 3.05) is 20.3 Å². The fourth-order valence-corrected chi connectivity index (χ4v) is 13.6. The van der Waals surface area contributed by atoms with Gasteiger partial charge in [-0.2, -0.15) is 0 Å². The van der Waals surface area contributed by atoms with Crippen LogP contribution in [-0.2, 0) is 49.6 Å². The maximum atomic E-state index is 7.94. The van der Waals surface area contributed by atoms with Crippen LogP contribution >= 0.6 is 0 Å². The molecule has 0 bridgehead atoms. The summed E-state index contributed by atoms with van der Waals surface area (Å²) in [6.45, 7) is 59.6. The monoisotopic (exact) mass is 1050 g/mol. The maximum absolute atomic E-state index is 7.94. The maximum Gasteiger partial charge on any atom is 0.192 e. The third-order valence-electron chi connectivity index (χ3n) is 16.9. The third-order valence-corrected chi connectivity index (χ3v) is 39.4. The lowest BCUT2D eigenvalue weighted by Gasteiger charge is -2.55. The fourth-order valence-electron chi connectivity index (χ4n) is 7.02. The Bertz CT molecular complexity index is 1850. The zero-order chi connectivity index (χ0) is 53.0. The molecule has 0 aromatic heterocycles. The summed E-state index contributed by atoms with van der Waals surface area (Å²) < 4.78 is 65.8. The molecule has 0 amide bonds. The second-order valence-corrected chi connectivity index (χ2v) is 51.5. The van der Waals surface area contributed by atoms with E-state index in [1.54, 1.807) is 7.11 Å². The largest absolute Gasteiger partial charge is 0.497 e. The Hall–Kier alpha value is -0.996. The molecule has 0 spiro atoms. The standard InChI is InChI=1S/C55H104O9Si5/c1-51(2,3)65(17,18)60-45-36-44(46(61-66(19,20)52(4,5)6)39-57-37-41-30-28-27-29-31-41)59-50(48(45)63-68(23,24)54(10,11)12)49(64-69(25,26)55(13,14)15)47(62-67(21,22)53(7,8)9)40-58-38-42-32-34-43(56-16)35-33-42/h27-35,44-50H,36-40H2,1-26H3/t44-,45-,46-,47-,48-,49+,50-/m1/s1. The minimum Gasteiger partial charge on any atom is -0.497 e. The first kappa shape index (κ1) is 62.3. The van der Waals surface area contributed by atoms with Crippen molar-refractivity contribution in [2.24, 2.45) is 0 Å². The van der Waals surface area contributed by atoms with Crippen molar-refractivity contribution in [3.8, 4) is 5.75 Å². The van der Waals surface area contributed by atoms with Gasteiger partial charge in [-0.05, 0) is 114 Å². The highest BCUT2D eigenvalue weighted by atomic mass is 28.4. The topological polar surface area (TPSA) is 83.1 Å². The van der Waals surface area contributed by atoms with Crippen LogP contribution in [0.1, 0.15) is 121 Å². The van der Waals surface area contributed by atoms with E-state index in [2.05, 4.69) is 206 Å². The van der Waals surface area contributed by atoms with Gasteiger partial charge in [-0.25, -0.2) is 0 Å². The van der Waals surface area contributed by atoms with Crippen molar-refractivity contribution in [3.63, 3.8) is 0 Å². The van der Waals surface area contributed by atoms with Crippen molar-refractivity contribution < 1.29 is 41.1 Å². The molecule has 0 aliphatic carbocycles. The number of methoxy groups -OCH3 is 1.